The van der Waals surface area contributed by atoms with Gasteiger partial charge in [-0.1, -0.05) is 30.3 Å². The van der Waals surface area contributed by atoms with E-state index >= 15 is 0 Å². The molecule has 13 heteroatoms. The lowest BCUT2D eigenvalue weighted by atomic mass is 9.89. The summed E-state index contributed by atoms with van der Waals surface area (Å²) < 4.78 is 51.0. The number of aryl methyl sites for hydroxylation is 1. The molecular formula is C30H29F3N6O2S2. The molecule has 0 radical (unpaired) electrons. The third-order valence-electron chi connectivity index (χ3n) is 6.66. The van der Waals surface area contributed by atoms with E-state index in [1.807, 2.05) is 50.2 Å². The van der Waals surface area contributed by atoms with Crippen LogP contribution < -0.4 is 20.9 Å². The van der Waals surface area contributed by atoms with Crippen molar-refractivity contribution in [1.82, 2.24) is 14.5 Å². The van der Waals surface area contributed by atoms with Crippen LogP contribution in [0.4, 0.5) is 13.2 Å². The Morgan fingerprint density at radius 3 is 2.58 bits per heavy atom. The van der Waals surface area contributed by atoms with Crippen LogP contribution in [0.2, 0.25) is 0 Å². The standard InChI is InChI=1S/C30H29F3N6O2S2/c1-29(2)16-22(38-43-27-12-11-24(42-27)21-15-25(30(31,32)33)39(3)37-21)19-13-18(9-10-23(19)41-29)28(40)36-26(35)14-20(34)17-7-5-4-6-8-17/h4-15,22,38H,16,34H2,1-3H3,(H2,35,36,40)/b20-14-. The van der Waals surface area contributed by atoms with Crippen LogP contribution in [0.15, 0.2) is 82.0 Å². The van der Waals surface area contributed by atoms with Gasteiger partial charge in [0.25, 0.3) is 5.91 Å². The third kappa shape index (κ3) is 7.12. The van der Waals surface area contributed by atoms with Crippen molar-refractivity contribution in [3.63, 3.8) is 0 Å². The lowest BCUT2D eigenvalue weighted by Crippen LogP contribution is -2.38. The van der Waals surface area contributed by atoms with Crippen molar-refractivity contribution in [1.29, 1.82) is 0 Å². The molecule has 4 aromatic rings. The molecule has 224 valence electrons. The molecule has 1 aliphatic rings. The Morgan fingerprint density at radius 1 is 1.14 bits per heavy atom. The van der Waals surface area contributed by atoms with Crippen LogP contribution in [-0.4, -0.2) is 27.1 Å². The number of aliphatic imine (C=N–C) groups is 1. The summed E-state index contributed by atoms with van der Waals surface area (Å²) in [6, 6.07) is 18.8. The van der Waals surface area contributed by atoms with Gasteiger partial charge >= 0.3 is 6.18 Å². The van der Waals surface area contributed by atoms with Crippen molar-refractivity contribution in [2.24, 2.45) is 23.5 Å². The first-order valence-electron chi connectivity index (χ1n) is 13.2. The highest BCUT2D eigenvalue weighted by molar-refractivity contribution is 7.99. The topological polar surface area (TPSA) is 121 Å². The van der Waals surface area contributed by atoms with Gasteiger partial charge in [-0.05, 0) is 67.8 Å². The van der Waals surface area contributed by atoms with Gasteiger partial charge in [-0.25, -0.2) is 0 Å². The molecule has 1 aliphatic heterocycles. The predicted molar refractivity (Wildman–Crippen MR) is 164 cm³/mol. The van der Waals surface area contributed by atoms with Gasteiger partial charge < -0.3 is 16.2 Å². The molecule has 2 aromatic carbocycles. The maximum absolute atomic E-state index is 13.2. The van der Waals surface area contributed by atoms with Gasteiger partial charge in [-0.15, -0.1) is 11.3 Å². The number of nitrogens with zero attached hydrogens (tertiary/aromatic N) is 3. The second kappa shape index (κ2) is 11.9. The van der Waals surface area contributed by atoms with Crippen LogP contribution in [0.3, 0.4) is 0 Å². The van der Waals surface area contributed by atoms with E-state index < -0.39 is 23.4 Å². The highest BCUT2D eigenvalue weighted by Crippen LogP contribution is 2.43. The molecule has 0 saturated heterocycles. The molecule has 0 aliphatic carbocycles. The van der Waals surface area contributed by atoms with Crippen LogP contribution in [0.5, 0.6) is 5.75 Å². The predicted octanol–water partition coefficient (Wildman–Crippen LogP) is 6.56. The fourth-order valence-electron chi connectivity index (χ4n) is 4.67. The zero-order valence-electron chi connectivity index (χ0n) is 23.5. The number of hydrogen-bond donors (Lipinski definition) is 3. The Hall–Kier alpha value is -4.07. The summed E-state index contributed by atoms with van der Waals surface area (Å²) in [7, 11) is 1.27. The normalized spacial score (nSPS) is 16.9. The minimum atomic E-state index is -4.48. The lowest BCUT2D eigenvalue weighted by molar-refractivity contribution is -0.143. The minimum Gasteiger partial charge on any atom is -0.487 e. The number of aromatic nitrogens is 2. The van der Waals surface area contributed by atoms with Crippen molar-refractivity contribution in [3.8, 4) is 16.3 Å². The van der Waals surface area contributed by atoms with E-state index in [1.54, 1.807) is 24.3 Å². The highest BCUT2D eigenvalue weighted by Gasteiger charge is 2.36. The Morgan fingerprint density at radius 2 is 1.88 bits per heavy atom. The Balaban J connectivity index is 1.33. The second-order valence-electron chi connectivity index (χ2n) is 10.6. The smallest absolute Gasteiger partial charge is 0.433 e. The molecule has 5 rings (SSSR count). The molecular weight excluding hydrogens is 597 g/mol. The van der Waals surface area contributed by atoms with Gasteiger partial charge in [0, 0.05) is 42.4 Å². The monoisotopic (exact) mass is 626 g/mol. The van der Waals surface area contributed by atoms with Crippen LogP contribution in [0, 0.1) is 0 Å². The number of rotatable bonds is 7. The Bertz CT molecular complexity index is 1710. The van der Waals surface area contributed by atoms with Crippen molar-refractivity contribution in [2.45, 2.75) is 42.3 Å². The number of alkyl halides is 3. The van der Waals surface area contributed by atoms with Crippen LogP contribution in [0.1, 0.15) is 53.5 Å². The van der Waals surface area contributed by atoms with Gasteiger partial charge in [0.05, 0.1) is 9.09 Å². The minimum absolute atomic E-state index is 0.0181. The van der Waals surface area contributed by atoms with E-state index in [1.165, 1.54) is 36.4 Å². The number of thiophene rings is 1. The summed E-state index contributed by atoms with van der Waals surface area (Å²) in [5.41, 5.74) is 13.3. The van der Waals surface area contributed by atoms with Crippen molar-refractivity contribution < 1.29 is 22.7 Å². The van der Waals surface area contributed by atoms with E-state index in [2.05, 4.69) is 14.8 Å². The number of hydrogen-bond acceptors (Lipinski definition) is 7. The number of fused-ring (bicyclic) bond motifs is 1. The van der Waals surface area contributed by atoms with Gasteiger partial charge in [0.1, 0.15) is 28.6 Å². The first-order valence-corrected chi connectivity index (χ1v) is 14.8. The summed E-state index contributed by atoms with van der Waals surface area (Å²) in [6.45, 7) is 3.96. The molecule has 0 fully saturated rings. The number of amides is 1. The van der Waals surface area contributed by atoms with Gasteiger partial charge in [0.15, 0.2) is 0 Å². The Labute approximate surface area is 254 Å². The molecule has 1 atom stereocenters. The molecule has 1 amide bonds. The number of halogens is 3. The lowest BCUT2D eigenvalue weighted by Gasteiger charge is -2.37. The maximum Gasteiger partial charge on any atom is 0.433 e. The molecule has 5 N–H and O–H groups in total. The number of nitrogens with one attached hydrogen (secondary N) is 1. The molecule has 3 heterocycles. The van der Waals surface area contributed by atoms with Gasteiger partial charge in [0.2, 0.25) is 0 Å². The second-order valence-corrected chi connectivity index (χ2v) is 12.8. The first-order chi connectivity index (χ1) is 20.3. The van der Waals surface area contributed by atoms with E-state index in [0.717, 1.165) is 26.1 Å². The van der Waals surface area contributed by atoms with Gasteiger partial charge in [-0.2, -0.15) is 23.3 Å². The summed E-state index contributed by atoms with van der Waals surface area (Å²) in [5.74, 6) is 0.0942. The average molecular weight is 627 g/mol. The third-order valence-corrected chi connectivity index (χ3v) is 8.80. The molecule has 0 bridgehead atoms. The molecule has 8 nitrogen and oxygen atoms in total. The summed E-state index contributed by atoms with van der Waals surface area (Å²) in [5, 5.41) is 4.04. The summed E-state index contributed by atoms with van der Waals surface area (Å²) in [4.78, 5) is 17.7. The molecule has 0 spiro atoms. The van der Waals surface area contributed by atoms with Crippen molar-refractivity contribution in [3.05, 3.63) is 95.2 Å². The zero-order valence-corrected chi connectivity index (χ0v) is 25.1. The quantitative estimate of drug-likeness (QED) is 0.121. The fourth-order valence-corrected chi connectivity index (χ4v) is 6.55. The highest BCUT2D eigenvalue weighted by atomic mass is 32.2. The average Bonchev–Trinajstić information content (AvgIpc) is 3.58. The van der Waals surface area contributed by atoms with E-state index in [0.29, 0.717) is 28.3 Å². The number of ether oxygens (including phenoxy) is 1. The first kappa shape index (κ1) is 30.4. The largest absolute Gasteiger partial charge is 0.487 e. The number of carbonyl (C=O) groups excluding carboxylic acids is 1. The van der Waals surface area contributed by atoms with E-state index in [-0.39, 0.29) is 17.6 Å². The van der Waals surface area contributed by atoms with Crippen molar-refractivity contribution in [2.75, 3.05) is 0 Å². The fraction of sp³-hybridized carbons (Fsp3) is 0.233. The van der Waals surface area contributed by atoms with Crippen LogP contribution >= 0.6 is 23.3 Å². The SMILES string of the molecule is Cn1nc(-c2ccc(SNC3CC(C)(C)Oc4ccc(C(=O)N=C(N)/C=C(\N)c5ccccc5)cc43)s2)cc1C(F)(F)F. The van der Waals surface area contributed by atoms with Crippen LogP contribution in [-0.2, 0) is 13.2 Å². The molecule has 2 aromatic heterocycles. The summed E-state index contributed by atoms with van der Waals surface area (Å²) >= 11 is 2.69. The van der Waals surface area contributed by atoms with Crippen molar-refractivity contribution >= 4 is 40.7 Å². The molecule has 0 saturated carbocycles. The van der Waals surface area contributed by atoms with Crippen LogP contribution in [0.25, 0.3) is 16.3 Å². The number of carbonyl (C=O) groups is 1. The number of nitrogens with two attached hydrogens (primary N) is 2. The Kier molecular flexibility index (Phi) is 8.41. The van der Waals surface area contributed by atoms with Gasteiger partial charge in [-0.3, -0.25) is 14.2 Å². The van der Waals surface area contributed by atoms with E-state index in [9.17, 15) is 18.0 Å². The maximum atomic E-state index is 13.2. The molecule has 1 unspecified atom stereocenters. The zero-order chi connectivity index (χ0) is 30.9. The molecule has 43 heavy (non-hydrogen) atoms. The van der Waals surface area contributed by atoms with E-state index in [4.69, 9.17) is 16.2 Å². The number of benzene rings is 2. The number of amidine groups is 1. The summed E-state index contributed by atoms with van der Waals surface area (Å²) in [6.07, 6.45) is -2.44.